The minimum atomic E-state index is 0.322. The highest BCUT2D eigenvalue weighted by Crippen LogP contribution is 2.36. The van der Waals surface area contributed by atoms with Crippen molar-refractivity contribution in [3.8, 4) is 0 Å². The standard InChI is InChI=1S/C15H20N2O/c16-14-4-2-1-3-12(14)10-17(13-7-8-13)15(18)9-11-5-6-11/h1-4,11,13H,5-10,16H2. The Balaban J connectivity index is 1.69. The van der Waals surface area contributed by atoms with Crippen LogP contribution in [0.2, 0.25) is 0 Å². The normalized spacial score (nSPS) is 18.7. The zero-order valence-corrected chi connectivity index (χ0v) is 10.6. The summed E-state index contributed by atoms with van der Waals surface area (Å²) in [7, 11) is 0. The van der Waals surface area contributed by atoms with Gasteiger partial charge in [-0.2, -0.15) is 0 Å². The molecule has 3 nitrogen and oxygen atoms in total. The van der Waals surface area contributed by atoms with Gasteiger partial charge in [0.05, 0.1) is 0 Å². The Labute approximate surface area is 108 Å². The monoisotopic (exact) mass is 244 g/mol. The van der Waals surface area contributed by atoms with E-state index in [0.717, 1.165) is 30.5 Å². The summed E-state index contributed by atoms with van der Waals surface area (Å²) in [5.74, 6) is 0.982. The molecule has 1 aromatic rings. The van der Waals surface area contributed by atoms with Gasteiger partial charge >= 0.3 is 0 Å². The van der Waals surface area contributed by atoms with Gasteiger partial charge in [-0.3, -0.25) is 4.79 Å². The van der Waals surface area contributed by atoms with E-state index in [0.29, 0.717) is 24.4 Å². The van der Waals surface area contributed by atoms with Gasteiger partial charge in [0.2, 0.25) is 5.91 Å². The quantitative estimate of drug-likeness (QED) is 0.809. The molecule has 0 saturated heterocycles. The summed E-state index contributed by atoms with van der Waals surface area (Å²) in [6.07, 6.45) is 5.52. The van der Waals surface area contributed by atoms with Crippen LogP contribution in [0.5, 0.6) is 0 Å². The molecule has 0 bridgehead atoms. The number of nitrogens with zero attached hydrogens (tertiary/aromatic N) is 1. The number of rotatable bonds is 5. The van der Waals surface area contributed by atoms with Crippen molar-refractivity contribution in [2.24, 2.45) is 5.92 Å². The highest BCUT2D eigenvalue weighted by molar-refractivity contribution is 5.77. The van der Waals surface area contributed by atoms with Crippen molar-refractivity contribution in [1.29, 1.82) is 0 Å². The van der Waals surface area contributed by atoms with E-state index < -0.39 is 0 Å². The first-order chi connectivity index (χ1) is 8.74. The van der Waals surface area contributed by atoms with Crippen molar-refractivity contribution < 1.29 is 4.79 Å². The van der Waals surface area contributed by atoms with E-state index in [1.807, 2.05) is 29.2 Å². The molecule has 1 amide bonds. The van der Waals surface area contributed by atoms with Crippen LogP contribution in [0.15, 0.2) is 24.3 Å². The lowest BCUT2D eigenvalue weighted by molar-refractivity contribution is -0.132. The number of nitrogen functional groups attached to an aromatic ring is 1. The smallest absolute Gasteiger partial charge is 0.223 e. The van der Waals surface area contributed by atoms with Crippen LogP contribution >= 0.6 is 0 Å². The average molecular weight is 244 g/mol. The molecule has 0 unspecified atom stereocenters. The Morgan fingerprint density at radius 1 is 1.22 bits per heavy atom. The number of carbonyl (C=O) groups is 1. The fraction of sp³-hybridized carbons (Fsp3) is 0.533. The summed E-state index contributed by atoms with van der Waals surface area (Å²) in [4.78, 5) is 14.3. The maximum absolute atomic E-state index is 12.3. The minimum Gasteiger partial charge on any atom is -0.398 e. The first kappa shape index (κ1) is 11.6. The molecule has 2 aliphatic rings. The van der Waals surface area contributed by atoms with Crippen molar-refractivity contribution in [1.82, 2.24) is 4.90 Å². The summed E-state index contributed by atoms with van der Waals surface area (Å²) in [5.41, 5.74) is 7.84. The second-order valence-electron chi connectivity index (χ2n) is 5.60. The zero-order valence-electron chi connectivity index (χ0n) is 10.6. The number of para-hydroxylation sites is 1. The number of hydrogen-bond donors (Lipinski definition) is 1. The first-order valence-corrected chi connectivity index (χ1v) is 6.87. The van der Waals surface area contributed by atoms with Crippen LogP contribution in [-0.4, -0.2) is 16.8 Å². The van der Waals surface area contributed by atoms with Crippen molar-refractivity contribution in [2.45, 2.75) is 44.7 Å². The molecular weight excluding hydrogens is 224 g/mol. The predicted molar refractivity (Wildman–Crippen MR) is 71.8 cm³/mol. The molecule has 2 fully saturated rings. The summed E-state index contributed by atoms with van der Waals surface area (Å²) in [6, 6.07) is 8.32. The highest BCUT2D eigenvalue weighted by Gasteiger charge is 2.35. The summed E-state index contributed by atoms with van der Waals surface area (Å²) < 4.78 is 0. The van der Waals surface area contributed by atoms with Crippen LogP contribution in [0, 0.1) is 5.92 Å². The van der Waals surface area contributed by atoms with Crippen molar-refractivity contribution in [2.75, 3.05) is 5.73 Å². The van der Waals surface area contributed by atoms with Gasteiger partial charge in [-0.05, 0) is 43.2 Å². The van der Waals surface area contributed by atoms with Gasteiger partial charge in [0.25, 0.3) is 0 Å². The number of anilines is 1. The molecular formula is C15H20N2O. The van der Waals surface area contributed by atoms with E-state index in [4.69, 9.17) is 5.73 Å². The number of nitrogens with two attached hydrogens (primary N) is 1. The maximum atomic E-state index is 12.3. The highest BCUT2D eigenvalue weighted by atomic mass is 16.2. The molecule has 0 aromatic heterocycles. The Morgan fingerprint density at radius 3 is 2.56 bits per heavy atom. The minimum absolute atomic E-state index is 0.322. The lowest BCUT2D eigenvalue weighted by Crippen LogP contribution is -2.33. The van der Waals surface area contributed by atoms with Crippen molar-refractivity contribution in [3.05, 3.63) is 29.8 Å². The van der Waals surface area contributed by atoms with Crippen LogP contribution in [0.4, 0.5) is 5.69 Å². The number of hydrogen-bond acceptors (Lipinski definition) is 2. The van der Waals surface area contributed by atoms with Gasteiger partial charge in [-0.25, -0.2) is 0 Å². The van der Waals surface area contributed by atoms with E-state index in [-0.39, 0.29) is 0 Å². The van der Waals surface area contributed by atoms with Crippen molar-refractivity contribution >= 4 is 11.6 Å². The third-order valence-corrected chi connectivity index (χ3v) is 3.86. The molecule has 18 heavy (non-hydrogen) atoms. The maximum Gasteiger partial charge on any atom is 0.223 e. The Hall–Kier alpha value is -1.51. The van der Waals surface area contributed by atoms with Gasteiger partial charge in [0, 0.05) is 24.7 Å². The van der Waals surface area contributed by atoms with E-state index in [9.17, 15) is 4.79 Å². The van der Waals surface area contributed by atoms with E-state index in [1.54, 1.807) is 0 Å². The Kier molecular flexibility index (Phi) is 2.98. The van der Waals surface area contributed by atoms with Gasteiger partial charge in [0.15, 0.2) is 0 Å². The molecule has 1 aromatic carbocycles. The molecule has 0 aliphatic heterocycles. The Morgan fingerprint density at radius 2 is 1.94 bits per heavy atom. The van der Waals surface area contributed by atoms with Crippen LogP contribution in [0.1, 0.15) is 37.7 Å². The second kappa shape index (κ2) is 4.63. The van der Waals surface area contributed by atoms with E-state index in [2.05, 4.69) is 0 Å². The van der Waals surface area contributed by atoms with Gasteiger partial charge in [-0.1, -0.05) is 18.2 Å². The number of amides is 1. The van der Waals surface area contributed by atoms with Gasteiger partial charge in [-0.15, -0.1) is 0 Å². The van der Waals surface area contributed by atoms with Crippen LogP contribution in [0.25, 0.3) is 0 Å². The predicted octanol–water partition coefficient (Wildman–Crippen LogP) is 2.56. The number of benzene rings is 1. The van der Waals surface area contributed by atoms with E-state index in [1.165, 1.54) is 12.8 Å². The van der Waals surface area contributed by atoms with Gasteiger partial charge < -0.3 is 10.6 Å². The molecule has 3 heteroatoms. The molecule has 2 aliphatic carbocycles. The second-order valence-corrected chi connectivity index (χ2v) is 5.60. The largest absolute Gasteiger partial charge is 0.398 e. The molecule has 96 valence electrons. The fourth-order valence-corrected chi connectivity index (χ4v) is 2.36. The topological polar surface area (TPSA) is 46.3 Å². The first-order valence-electron chi connectivity index (χ1n) is 6.87. The molecule has 3 rings (SSSR count). The molecule has 0 spiro atoms. The summed E-state index contributed by atoms with van der Waals surface area (Å²) in [5, 5.41) is 0. The van der Waals surface area contributed by atoms with Crippen LogP contribution in [-0.2, 0) is 11.3 Å². The third kappa shape index (κ3) is 2.66. The molecule has 2 N–H and O–H groups in total. The van der Waals surface area contributed by atoms with Gasteiger partial charge in [0.1, 0.15) is 0 Å². The average Bonchev–Trinajstić information content (AvgIpc) is 3.21. The lowest BCUT2D eigenvalue weighted by Gasteiger charge is -2.23. The SMILES string of the molecule is Nc1ccccc1CN(C(=O)CC1CC1)C1CC1. The van der Waals surface area contributed by atoms with E-state index >= 15 is 0 Å². The summed E-state index contributed by atoms with van der Waals surface area (Å²) >= 11 is 0. The fourth-order valence-electron chi connectivity index (χ4n) is 2.36. The van der Waals surface area contributed by atoms with Crippen LogP contribution in [0.3, 0.4) is 0 Å². The Bertz CT molecular complexity index is 450. The zero-order chi connectivity index (χ0) is 12.5. The van der Waals surface area contributed by atoms with Crippen LogP contribution < -0.4 is 5.73 Å². The molecule has 0 atom stereocenters. The molecule has 0 radical (unpaired) electrons. The lowest BCUT2D eigenvalue weighted by atomic mass is 10.1. The third-order valence-electron chi connectivity index (χ3n) is 3.86. The number of carbonyl (C=O) groups excluding carboxylic acids is 1. The summed E-state index contributed by atoms with van der Waals surface area (Å²) in [6.45, 7) is 0.683. The molecule has 2 saturated carbocycles. The van der Waals surface area contributed by atoms with Crippen molar-refractivity contribution in [3.63, 3.8) is 0 Å². The molecule has 0 heterocycles.